The van der Waals surface area contributed by atoms with E-state index in [1.807, 2.05) is 0 Å². The SMILES string of the molecule is CNc1nc(C)c([N+](=O)[O-])c(NCCS(N)(=O)=O)n1. The molecule has 106 valence electrons. The topological polar surface area (TPSA) is 153 Å². The average Bonchev–Trinajstić information content (AvgIpc) is 2.25. The number of aryl methyl sites for hydroxylation is 1. The molecule has 19 heavy (non-hydrogen) atoms. The van der Waals surface area contributed by atoms with Crippen LogP contribution in [0.2, 0.25) is 0 Å². The van der Waals surface area contributed by atoms with Crippen molar-refractivity contribution in [1.82, 2.24) is 9.97 Å². The predicted octanol–water partition coefficient (Wildman–Crippen LogP) is -0.565. The van der Waals surface area contributed by atoms with E-state index < -0.39 is 14.9 Å². The molecule has 0 bridgehead atoms. The number of aromatic nitrogens is 2. The number of nitrogens with one attached hydrogen (secondary N) is 2. The number of nitro groups is 1. The van der Waals surface area contributed by atoms with Gasteiger partial charge in [0, 0.05) is 13.6 Å². The maximum atomic E-state index is 10.9. The number of nitrogens with two attached hydrogens (primary N) is 1. The summed E-state index contributed by atoms with van der Waals surface area (Å²) < 4.78 is 21.6. The van der Waals surface area contributed by atoms with Gasteiger partial charge in [-0.15, -0.1) is 0 Å². The van der Waals surface area contributed by atoms with Gasteiger partial charge in [-0.1, -0.05) is 0 Å². The molecule has 0 unspecified atom stereocenters. The molecule has 0 fully saturated rings. The van der Waals surface area contributed by atoms with Gasteiger partial charge < -0.3 is 10.6 Å². The van der Waals surface area contributed by atoms with Crippen LogP contribution in [-0.4, -0.2) is 42.7 Å². The number of primary sulfonamides is 1. The van der Waals surface area contributed by atoms with Crippen molar-refractivity contribution in [3.8, 4) is 0 Å². The van der Waals surface area contributed by atoms with Crippen molar-refractivity contribution in [2.24, 2.45) is 5.14 Å². The molecule has 0 saturated carbocycles. The molecule has 0 aromatic carbocycles. The lowest BCUT2D eigenvalue weighted by atomic mass is 10.3. The Hall–Kier alpha value is -2.01. The van der Waals surface area contributed by atoms with Crippen LogP contribution in [-0.2, 0) is 10.0 Å². The van der Waals surface area contributed by atoms with Gasteiger partial charge in [-0.3, -0.25) is 10.1 Å². The number of rotatable bonds is 6. The summed E-state index contributed by atoms with van der Waals surface area (Å²) in [5.41, 5.74) is -0.129. The van der Waals surface area contributed by atoms with Gasteiger partial charge in [-0.25, -0.2) is 18.5 Å². The van der Waals surface area contributed by atoms with E-state index in [9.17, 15) is 18.5 Å². The number of sulfonamides is 1. The number of hydrogen-bond acceptors (Lipinski definition) is 8. The van der Waals surface area contributed by atoms with Crippen LogP contribution in [0.15, 0.2) is 0 Å². The molecule has 0 spiro atoms. The molecule has 1 aromatic rings. The molecule has 10 nitrogen and oxygen atoms in total. The first kappa shape index (κ1) is 15.0. The van der Waals surface area contributed by atoms with Crippen LogP contribution in [0.3, 0.4) is 0 Å². The second-order valence-electron chi connectivity index (χ2n) is 3.63. The summed E-state index contributed by atoms with van der Waals surface area (Å²) in [6, 6.07) is 0. The highest BCUT2D eigenvalue weighted by Crippen LogP contribution is 2.26. The van der Waals surface area contributed by atoms with Crippen LogP contribution in [0.4, 0.5) is 17.5 Å². The van der Waals surface area contributed by atoms with Gasteiger partial charge in [0.05, 0.1) is 10.7 Å². The highest BCUT2D eigenvalue weighted by molar-refractivity contribution is 7.89. The van der Waals surface area contributed by atoms with E-state index in [1.54, 1.807) is 7.05 Å². The largest absolute Gasteiger partial charge is 0.363 e. The third-order valence-corrected chi connectivity index (χ3v) is 2.92. The molecule has 0 amide bonds. The number of hydrogen-bond donors (Lipinski definition) is 3. The summed E-state index contributed by atoms with van der Waals surface area (Å²) >= 11 is 0. The zero-order valence-electron chi connectivity index (χ0n) is 10.4. The molecule has 4 N–H and O–H groups in total. The summed E-state index contributed by atoms with van der Waals surface area (Å²) in [6.07, 6.45) is 0. The molecular weight excluding hydrogens is 276 g/mol. The molecule has 1 aromatic heterocycles. The minimum Gasteiger partial charge on any atom is -0.363 e. The molecule has 1 heterocycles. The Labute approximate surface area is 109 Å². The van der Waals surface area contributed by atoms with Crippen molar-refractivity contribution in [3.63, 3.8) is 0 Å². The fourth-order valence-electron chi connectivity index (χ4n) is 1.33. The van der Waals surface area contributed by atoms with Gasteiger partial charge >= 0.3 is 5.69 Å². The highest BCUT2D eigenvalue weighted by Gasteiger charge is 2.21. The van der Waals surface area contributed by atoms with E-state index >= 15 is 0 Å². The molecule has 0 aliphatic rings. The normalized spacial score (nSPS) is 11.1. The maximum Gasteiger partial charge on any atom is 0.332 e. The Morgan fingerprint density at radius 2 is 2.05 bits per heavy atom. The molecular formula is C8H14N6O4S. The van der Waals surface area contributed by atoms with Crippen LogP contribution >= 0.6 is 0 Å². The van der Waals surface area contributed by atoms with Crippen LogP contribution in [0.5, 0.6) is 0 Å². The van der Waals surface area contributed by atoms with Crippen molar-refractivity contribution in [2.75, 3.05) is 30.0 Å². The summed E-state index contributed by atoms with van der Waals surface area (Å²) in [7, 11) is -2.08. The van der Waals surface area contributed by atoms with Gasteiger partial charge in [0.15, 0.2) is 0 Å². The van der Waals surface area contributed by atoms with Gasteiger partial charge in [0.25, 0.3) is 0 Å². The van der Waals surface area contributed by atoms with E-state index in [-0.39, 0.29) is 35.4 Å². The quantitative estimate of drug-likeness (QED) is 0.465. The van der Waals surface area contributed by atoms with Crippen molar-refractivity contribution in [1.29, 1.82) is 0 Å². The summed E-state index contributed by atoms with van der Waals surface area (Å²) in [5.74, 6) is -0.214. The maximum absolute atomic E-state index is 10.9. The van der Waals surface area contributed by atoms with E-state index in [0.29, 0.717) is 0 Å². The summed E-state index contributed by atoms with van der Waals surface area (Å²) in [6.45, 7) is 1.38. The highest BCUT2D eigenvalue weighted by atomic mass is 32.2. The Balaban J connectivity index is 3.03. The monoisotopic (exact) mass is 290 g/mol. The Kier molecular flexibility index (Phi) is 4.56. The van der Waals surface area contributed by atoms with Crippen molar-refractivity contribution in [2.45, 2.75) is 6.92 Å². The first-order valence-electron chi connectivity index (χ1n) is 5.19. The number of nitrogens with zero attached hydrogens (tertiary/aromatic N) is 3. The third-order valence-electron chi connectivity index (χ3n) is 2.14. The van der Waals surface area contributed by atoms with Crippen LogP contribution in [0.1, 0.15) is 5.69 Å². The lowest BCUT2D eigenvalue weighted by Crippen LogP contribution is -2.23. The lowest BCUT2D eigenvalue weighted by molar-refractivity contribution is -0.385. The Bertz CT molecular complexity index is 587. The second-order valence-corrected chi connectivity index (χ2v) is 5.36. The average molecular weight is 290 g/mol. The van der Waals surface area contributed by atoms with Gasteiger partial charge in [-0.05, 0) is 6.92 Å². The van der Waals surface area contributed by atoms with E-state index in [2.05, 4.69) is 20.6 Å². The van der Waals surface area contributed by atoms with Gasteiger partial charge in [0.2, 0.25) is 21.8 Å². The van der Waals surface area contributed by atoms with Crippen molar-refractivity contribution < 1.29 is 13.3 Å². The first-order valence-corrected chi connectivity index (χ1v) is 6.91. The van der Waals surface area contributed by atoms with Crippen molar-refractivity contribution in [3.05, 3.63) is 15.8 Å². The molecule has 0 aliphatic carbocycles. The fourth-order valence-corrected chi connectivity index (χ4v) is 1.72. The molecule has 1 rings (SSSR count). The van der Waals surface area contributed by atoms with Crippen LogP contribution in [0, 0.1) is 17.0 Å². The number of anilines is 2. The fraction of sp³-hybridized carbons (Fsp3) is 0.500. The minimum atomic E-state index is -3.64. The van der Waals surface area contributed by atoms with Gasteiger partial charge in [0.1, 0.15) is 5.69 Å². The van der Waals surface area contributed by atoms with Crippen LogP contribution in [0.25, 0.3) is 0 Å². The Morgan fingerprint density at radius 1 is 1.42 bits per heavy atom. The predicted molar refractivity (Wildman–Crippen MR) is 69.4 cm³/mol. The molecule has 0 saturated heterocycles. The molecule has 0 atom stereocenters. The second kappa shape index (κ2) is 5.75. The molecule has 11 heteroatoms. The van der Waals surface area contributed by atoms with Gasteiger partial charge in [-0.2, -0.15) is 4.98 Å². The van der Waals surface area contributed by atoms with E-state index in [4.69, 9.17) is 5.14 Å². The summed E-state index contributed by atoms with van der Waals surface area (Å²) in [5, 5.41) is 21.0. The molecule has 0 aliphatic heterocycles. The zero-order valence-corrected chi connectivity index (χ0v) is 11.2. The van der Waals surface area contributed by atoms with E-state index in [0.717, 1.165) is 0 Å². The Morgan fingerprint density at radius 3 is 2.53 bits per heavy atom. The third kappa shape index (κ3) is 4.30. The van der Waals surface area contributed by atoms with Crippen LogP contribution < -0.4 is 15.8 Å². The lowest BCUT2D eigenvalue weighted by Gasteiger charge is -2.08. The first-order chi connectivity index (χ1) is 8.74. The van der Waals surface area contributed by atoms with Crippen molar-refractivity contribution >= 4 is 27.5 Å². The minimum absolute atomic E-state index is 0.0505. The van der Waals surface area contributed by atoms with E-state index in [1.165, 1.54) is 6.92 Å². The summed E-state index contributed by atoms with van der Waals surface area (Å²) in [4.78, 5) is 18.1. The molecule has 0 radical (unpaired) electrons. The zero-order chi connectivity index (χ0) is 14.6. The standard InChI is InChI=1S/C8H14N6O4S/c1-5-6(14(15)16)7(13-8(10-2)12-5)11-3-4-19(9,17)18/h3-4H2,1-2H3,(H2,9,17,18)(H2,10,11,12,13). The smallest absolute Gasteiger partial charge is 0.332 e.